The molecule has 0 bridgehead atoms. The van der Waals surface area contributed by atoms with E-state index < -0.39 is 17.8 Å². The van der Waals surface area contributed by atoms with Crippen molar-refractivity contribution in [3.05, 3.63) is 83.7 Å². The number of carbonyl (C=O) groups is 6. The van der Waals surface area contributed by atoms with E-state index in [1.54, 1.807) is 82.7 Å². The molecule has 0 unspecified atom stereocenters. The van der Waals surface area contributed by atoms with Gasteiger partial charge in [0, 0.05) is 71.5 Å². The number of rotatable bonds is 17. The maximum absolute atomic E-state index is 13.3. The summed E-state index contributed by atoms with van der Waals surface area (Å²) in [4.78, 5) is 82.7. The number of amides is 5. The third-order valence-electron chi connectivity index (χ3n) is 9.81. The summed E-state index contributed by atoms with van der Waals surface area (Å²) in [6, 6.07) is 7.75. The van der Waals surface area contributed by atoms with Gasteiger partial charge >= 0.3 is 5.97 Å². The standard InChI is InChI=1S/C41H48N10O9/c1-24-12-28-19-44-30-17-35(34(58-5)16-29(30)41(57)51(28)20-24)59-10-6-8-36(52)45-25-13-32(49(3)21-25)39(55)47-27-15-33(50(4)23-27)40(56)46-26-14-31(48(2)22-26)38(54)43-9-7-11-60-37(53)18-42/h13-17,19,21-23,28H,1,6-12,18,20,42H2,2-5H3,(H,43,54)(H,45,52)(H,46,56)(H,47,55)/t28-/m0/s1. The van der Waals surface area contributed by atoms with Crippen molar-refractivity contribution in [1.82, 2.24) is 23.9 Å². The van der Waals surface area contributed by atoms with E-state index in [0.29, 0.717) is 71.3 Å². The topological polar surface area (TPSA) is 235 Å². The number of anilines is 3. The summed E-state index contributed by atoms with van der Waals surface area (Å²) in [5.41, 5.74) is 9.06. The molecule has 1 atom stereocenters. The van der Waals surface area contributed by atoms with E-state index in [-0.39, 0.29) is 67.9 Å². The van der Waals surface area contributed by atoms with Gasteiger partial charge in [0.1, 0.15) is 17.1 Å². The van der Waals surface area contributed by atoms with Crippen molar-refractivity contribution in [3.63, 3.8) is 0 Å². The molecule has 1 fully saturated rings. The van der Waals surface area contributed by atoms with Crippen molar-refractivity contribution in [1.29, 1.82) is 0 Å². The first-order chi connectivity index (χ1) is 28.7. The zero-order valence-electron chi connectivity index (χ0n) is 33.8. The summed E-state index contributed by atoms with van der Waals surface area (Å²) in [6.45, 7) is 4.87. The highest BCUT2D eigenvalue weighted by atomic mass is 16.5. The molecule has 19 nitrogen and oxygen atoms in total. The van der Waals surface area contributed by atoms with Crippen molar-refractivity contribution in [2.45, 2.75) is 31.7 Å². The summed E-state index contributed by atoms with van der Waals surface area (Å²) in [7, 11) is 6.48. The van der Waals surface area contributed by atoms with Gasteiger partial charge < -0.3 is 59.8 Å². The molecule has 4 aromatic rings. The zero-order valence-corrected chi connectivity index (χ0v) is 33.8. The number of ether oxygens (including phenoxy) is 3. The molecule has 6 N–H and O–H groups in total. The Hall–Kier alpha value is -7.15. The van der Waals surface area contributed by atoms with Crippen molar-refractivity contribution in [2.24, 2.45) is 31.9 Å². The fourth-order valence-corrected chi connectivity index (χ4v) is 6.82. The molecule has 316 valence electrons. The fraction of sp³-hybridized carbons (Fsp3) is 0.341. The van der Waals surface area contributed by atoms with Crippen molar-refractivity contribution < 1.29 is 43.0 Å². The Morgan fingerprint density at radius 3 is 2.02 bits per heavy atom. The molecular formula is C41H48N10O9. The first-order valence-corrected chi connectivity index (χ1v) is 19.2. The number of benzene rings is 1. The van der Waals surface area contributed by atoms with Gasteiger partial charge in [0.2, 0.25) is 5.91 Å². The number of nitrogens with one attached hydrogen (secondary N) is 4. The number of nitrogens with zero attached hydrogens (tertiary/aromatic N) is 5. The number of carbonyl (C=O) groups excluding carboxylic acids is 6. The average Bonchev–Trinajstić information content (AvgIpc) is 3.97. The number of aliphatic imine (C=N–C) groups is 1. The summed E-state index contributed by atoms with van der Waals surface area (Å²) in [6.07, 6.45) is 8.13. The van der Waals surface area contributed by atoms with E-state index in [9.17, 15) is 28.8 Å². The summed E-state index contributed by atoms with van der Waals surface area (Å²) >= 11 is 0. The smallest absolute Gasteiger partial charge is 0.319 e. The number of nitrogens with two attached hydrogens (primary N) is 1. The lowest BCUT2D eigenvalue weighted by Gasteiger charge is -2.20. The summed E-state index contributed by atoms with van der Waals surface area (Å²) in [5.74, 6) is -1.47. The lowest BCUT2D eigenvalue weighted by Crippen LogP contribution is -2.35. The maximum atomic E-state index is 13.3. The van der Waals surface area contributed by atoms with Gasteiger partial charge in [0.05, 0.1) is 61.2 Å². The van der Waals surface area contributed by atoms with Crippen LogP contribution in [-0.2, 0) is 35.5 Å². The molecule has 5 amide bonds. The zero-order chi connectivity index (χ0) is 43.1. The van der Waals surface area contributed by atoms with E-state index in [2.05, 4.69) is 32.8 Å². The summed E-state index contributed by atoms with van der Waals surface area (Å²) in [5, 5.41) is 11.1. The highest BCUT2D eigenvalue weighted by Gasteiger charge is 2.34. The molecule has 1 aromatic carbocycles. The molecule has 60 heavy (non-hydrogen) atoms. The van der Waals surface area contributed by atoms with E-state index >= 15 is 0 Å². The van der Waals surface area contributed by atoms with Crippen LogP contribution in [0.1, 0.15) is 67.5 Å². The molecule has 19 heteroatoms. The minimum atomic E-state index is -0.521. The van der Waals surface area contributed by atoms with E-state index in [4.69, 9.17) is 19.9 Å². The second-order valence-electron chi connectivity index (χ2n) is 14.4. The Kier molecular flexibility index (Phi) is 13.2. The quantitative estimate of drug-likeness (QED) is 0.0593. The van der Waals surface area contributed by atoms with Crippen LogP contribution in [-0.4, -0.2) is 106 Å². The Morgan fingerprint density at radius 2 is 1.42 bits per heavy atom. The molecule has 2 aliphatic rings. The highest BCUT2D eigenvalue weighted by molar-refractivity contribution is 6.08. The Balaban J connectivity index is 0.969. The number of hydrogen-bond acceptors (Lipinski definition) is 11. The third kappa shape index (κ3) is 9.92. The lowest BCUT2D eigenvalue weighted by molar-refractivity contribution is -0.141. The van der Waals surface area contributed by atoms with Gasteiger partial charge in [0.15, 0.2) is 11.5 Å². The van der Waals surface area contributed by atoms with E-state index in [0.717, 1.165) is 5.57 Å². The van der Waals surface area contributed by atoms with Crippen molar-refractivity contribution in [2.75, 3.05) is 55.9 Å². The SMILES string of the molecule is C=C1C[C@H]2C=Nc3cc(OCCCC(=O)Nc4cc(C(=O)Nc5cc(C(=O)Nc6cc(C(=O)NCCCOC(=O)CN)n(C)c6)n(C)c5)n(C)c4)c(OC)cc3C(=O)N2C1. The molecule has 0 aliphatic carbocycles. The molecule has 3 aromatic heterocycles. The van der Waals surface area contributed by atoms with Gasteiger partial charge in [-0.15, -0.1) is 0 Å². The lowest BCUT2D eigenvalue weighted by atomic mass is 10.1. The van der Waals surface area contributed by atoms with Gasteiger partial charge in [-0.2, -0.15) is 0 Å². The van der Waals surface area contributed by atoms with Crippen LogP contribution in [0, 0.1) is 0 Å². The van der Waals surface area contributed by atoms with Gasteiger partial charge in [0.25, 0.3) is 23.6 Å². The predicted octanol–water partition coefficient (Wildman–Crippen LogP) is 3.12. The van der Waals surface area contributed by atoms with Gasteiger partial charge in [-0.1, -0.05) is 12.2 Å². The van der Waals surface area contributed by atoms with Crippen LogP contribution in [0.3, 0.4) is 0 Å². The first kappa shape index (κ1) is 42.5. The van der Waals surface area contributed by atoms with Crippen molar-refractivity contribution >= 4 is 64.5 Å². The highest BCUT2D eigenvalue weighted by Crippen LogP contribution is 2.38. The Bertz CT molecular complexity index is 2370. The minimum absolute atomic E-state index is 0.127. The van der Waals surface area contributed by atoms with Crippen LogP contribution in [0.2, 0.25) is 0 Å². The fourth-order valence-electron chi connectivity index (χ4n) is 6.82. The Morgan fingerprint density at radius 1 is 0.817 bits per heavy atom. The Labute approximate surface area is 345 Å². The number of aryl methyl sites for hydroxylation is 3. The van der Waals surface area contributed by atoms with Gasteiger partial charge in [-0.25, -0.2) is 0 Å². The molecule has 2 aliphatic heterocycles. The number of fused-ring (bicyclic) bond motifs is 2. The monoisotopic (exact) mass is 824 g/mol. The number of methoxy groups -OCH3 is 1. The van der Waals surface area contributed by atoms with Crippen LogP contribution in [0.5, 0.6) is 11.5 Å². The largest absolute Gasteiger partial charge is 0.493 e. The molecule has 0 spiro atoms. The number of aromatic nitrogens is 3. The third-order valence-corrected chi connectivity index (χ3v) is 9.81. The van der Waals surface area contributed by atoms with Crippen LogP contribution in [0.25, 0.3) is 0 Å². The first-order valence-electron chi connectivity index (χ1n) is 19.2. The number of hydrogen-bond donors (Lipinski definition) is 5. The molecular weight excluding hydrogens is 777 g/mol. The van der Waals surface area contributed by atoms with Crippen LogP contribution < -0.4 is 36.5 Å². The van der Waals surface area contributed by atoms with Gasteiger partial charge in [-0.3, -0.25) is 33.8 Å². The van der Waals surface area contributed by atoms with Crippen LogP contribution in [0.4, 0.5) is 22.7 Å². The van der Waals surface area contributed by atoms with E-state index in [1.165, 1.54) is 19.2 Å². The number of esters is 1. The van der Waals surface area contributed by atoms with Crippen LogP contribution >= 0.6 is 0 Å². The molecule has 6 rings (SSSR count). The molecule has 0 saturated carbocycles. The van der Waals surface area contributed by atoms with E-state index in [1.807, 2.05) is 0 Å². The minimum Gasteiger partial charge on any atom is -0.493 e. The second kappa shape index (κ2) is 18.6. The summed E-state index contributed by atoms with van der Waals surface area (Å²) < 4.78 is 21.1. The predicted molar refractivity (Wildman–Crippen MR) is 222 cm³/mol. The second-order valence-corrected chi connectivity index (χ2v) is 14.4. The van der Waals surface area contributed by atoms with Gasteiger partial charge in [-0.05, 0) is 43.5 Å². The van der Waals surface area contributed by atoms with Crippen LogP contribution in [0.15, 0.2) is 66.1 Å². The normalized spacial score (nSPS) is 14.2. The van der Waals surface area contributed by atoms with Crippen molar-refractivity contribution in [3.8, 4) is 11.5 Å². The molecule has 0 radical (unpaired) electrons. The molecule has 1 saturated heterocycles. The maximum Gasteiger partial charge on any atom is 0.319 e. The average molecular weight is 825 g/mol. The molecule has 5 heterocycles.